The second-order valence-corrected chi connectivity index (χ2v) is 3.26. The highest BCUT2D eigenvalue weighted by Gasteiger charge is 2.04. The Kier molecular flexibility index (Phi) is 4.19. The predicted octanol–water partition coefficient (Wildman–Crippen LogP) is -1.77. The Morgan fingerprint density at radius 3 is 3.13 bits per heavy atom. The summed E-state index contributed by atoms with van der Waals surface area (Å²) in [5, 5.41) is 19.3. The fourth-order valence-electron chi connectivity index (χ4n) is 1.04. The molecule has 4 N–H and O–H groups in total. The van der Waals surface area contributed by atoms with E-state index in [1.807, 2.05) is 0 Å². The molecule has 0 saturated carbocycles. The van der Waals surface area contributed by atoms with Crippen LogP contribution >= 0.6 is 0 Å². The molecule has 1 aromatic rings. The first-order valence-corrected chi connectivity index (χ1v) is 4.65. The monoisotopic (exact) mass is 213 g/mol. The summed E-state index contributed by atoms with van der Waals surface area (Å²) in [5.74, 6) is -0.236. The molecule has 0 aliphatic carbocycles. The molecule has 7 heteroatoms. The minimum atomic E-state index is -0.474. The molecule has 0 spiro atoms. The van der Waals surface area contributed by atoms with Crippen LogP contribution in [0.5, 0.6) is 0 Å². The topological polar surface area (TPSA) is 106 Å². The lowest BCUT2D eigenvalue weighted by atomic mass is 10.4. The van der Waals surface area contributed by atoms with Crippen LogP contribution in [0.25, 0.3) is 0 Å². The first-order valence-electron chi connectivity index (χ1n) is 4.65. The lowest BCUT2D eigenvalue weighted by molar-refractivity contribution is -0.119. The predicted molar refractivity (Wildman–Crippen MR) is 52.6 cm³/mol. The van der Waals surface area contributed by atoms with Crippen LogP contribution in [-0.2, 0) is 17.9 Å². The van der Waals surface area contributed by atoms with E-state index in [4.69, 9.17) is 10.8 Å². The van der Waals surface area contributed by atoms with E-state index in [1.54, 1.807) is 13.1 Å². The van der Waals surface area contributed by atoms with Crippen molar-refractivity contribution < 1.29 is 9.90 Å². The molecule has 84 valence electrons. The Labute approximate surface area is 87.3 Å². The molecule has 0 aliphatic heterocycles. The van der Waals surface area contributed by atoms with Gasteiger partial charge in [-0.25, -0.2) is 4.68 Å². The number of carbonyl (C=O) groups is 1. The fraction of sp³-hybridized carbons (Fsp3) is 0.625. The van der Waals surface area contributed by atoms with Gasteiger partial charge in [0.25, 0.3) is 0 Å². The standard InChI is InChI=1S/C8H15N5O2/c1-6(14)4-13-5-7(11-12-13)3-10-8(15)2-9/h5-6,14H,2-4,9H2,1H3,(H,10,15). The van der Waals surface area contributed by atoms with E-state index in [0.717, 1.165) is 0 Å². The normalized spacial score (nSPS) is 12.5. The summed E-state index contributed by atoms with van der Waals surface area (Å²) in [6.45, 7) is 2.31. The molecular weight excluding hydrogens is 198 g/mol. The van der Waals surface area contributed by atoms with Crippen LogP contribution in [0.2, 0.25) is 0 Å². The maximum atomic E-state index is 10.8. The molecule has 0 aromatic carbocycles. The van der Waals surface area contributed by atoms with Crippen molar-refractivity contribution in [1.29, 1.82) is 0 Å². The average molecular weight is 213 g/mol. The molecule has 15 heavy (non-hydrogen) atoms. The van der Waals surface area contributed by atoms with Crippen LogP contribution in [0.4, 0.5) is 0 Å². The zero-order chi connectivity index (χ0) is 11.3. The van der Waals surface area contributed by atoms with Gasteiger partial charge in [0.1, 0.15) is 5.69 Å². The van der Waals surface area contributed by atoms with Crippen molar-refractivity contribution in [3.05, 3.63) is 11.9 Å². The number of aliphatic hydroxyl groups is 1. The smallest absolute Gasteiger partial charge is 0.234 e. The quantitative estimate of drug-likeness (QED) is 0.537. The van der Waals surface area contributed by atoms with E-state index in [-0.39, 0.29) is 12.5 Å². The lowest BCUT2D eigenvalue weighted by Gasteiger charge is -2.01. The number of aliphatic hydroxyl groups excluding tert-OH is 1. The Morgan fingerprint density at radius 2 is 2.53 bits per heavy atom. The Bertz CT molecular complexity index is 323. The van der Waals surface area contributed by atoms with Gasteiger partial charge >= 0.3 is 0 Å². The SMILES string of the molecule is CC(O)Cn1cc(CNC(=O)CN)nn1. The number of nitrogens with one attached hydrogen (secondary N) is 1. The van der Waals surface area contributed by atoms with Gasteiger partial charge in [-0.3, -0.25) is 4.79 Å². The first-order chi connectivity index (χ1) is 7.11. The molecule has 0 bridgehead atoms. The maximum absolute atomic E-state index is 10.8. The number of aromatic nitrogens is 3. The average Bonchev–Trinajstić information content (AvgIpc) is 2.61. The molecule has 1 unspecified atom stereocenters. The summed E-state index contributed by atoms with van der Waals surface area (Å²) < 4.78 is 1.52. The molecule has 1 amide bonds. The molecule has 0 fully saturated rings. The highest BCUT2D eigenvalue weighted by molar-refractivity contribution is 5.77. The molecule has 1 heterocycles. The van der Waals surface area contributed by atoms with Gasteiger partial charge in [0.2, 0.25) is 5.91 Å². The van der Waals surface area contributed by atoms with Gasteiger partial charge in [0, 0.05) is 0 Å². The van der Waals surface area contributed by atoms with E-state index in [9.17, 15) is 4.79 Å². The van der Waals surface area contributed by atoms with Crippen LogP contribution in [-0.4, -0.2) is 38.7 Å². The van der Waals surface area contributed by atoms with Crippen molar-refractivity contribution in [1.82, 2.24) is 20.3 Å². The number of rotatable bonds is 5. The molecule has 1 rings (SSSR count). The Balaban J connectivity index is 2.42. The number of carbonyl (C=O) groups excluding carboxylic acids is 1. The Hall–Kier alpha value is -1.47. The second-order valence-electron chi connectivity index (χ2n) is 3.26. The lowest BCUT2D eigenvalue weighted by Crippen LogP contribution is -2.29. The van der Waals surface area contributed by atoms with Crippen LogP contribution in [0.1, 0.15) is 12.6 Å². The third kappa shape index (κ3) is 4.05. The molecule has 0 radical (unpaired) electrons. The van der Waals surface area contributed by atoms with Gasteiger partial charge in [-0.05, 0) is 6.92 Å². The zero-order valence-electron chi connectivity index (χ0n) is 8.55. The van der Waals surface area contributed by atoms with Crippen molar-refractivity contribution in [3.8, 4) is 0 Å². The fourth-order valence-corrected chi connectivity index (χ4v) is 1.04. The van der Waals surface area contributed by atoms with Crippen LogP contribution in [0.3, 0.4) is 0 Å². The minimum absolute atomic E-state index is 0.0399. The summed E-state index contributed by atoms with van der Waals surface area (Å²) in [6.07, 6.45) is 1.20. The van der Waals surface area contributed by atoms with Crippen LogP contribution < -0.4 is 11.1 Å². The van der Waals surface area contributed by atoms with Crippen LogP contribution in [0, 0.1) is 0 Å². The maximum Gasteiger partial charge on any atom is 0.234 e. The van der Waals surface area contributed by atoms with Gasteiger partial charge in [0.15, 0.2) is 0 Å². The molecule has 0 aliphatic rings. The number of hydrogen-bond donors (Lipinski definition) is 3. The van der Waals surface area contributed by atoms with Crippen molar-refractivity contribution in [2.24, 2.45) is 5.73 Å². The molecular formula is C8H15N5O2. The zero-order valence-corrected chi connectivity index (χ0v) is 8.55. The van der Waals surface area contributed by atoms with Crippen molar-refractivity contribution in [3.63, 3.8) is 0 Å². The third-order valence-corrected chi connectivity index (χ3v) is 1.69. The molecule has 7 nitrogen and oxygen atoms in total. The number of hydrogen-bond acceptors (Lipinski definition) is 5. The first kappa shape index (κ1) is 11.6. The van der Waals surface area contributed by atoms with Gasteiger partial charge < -0.3 is 16.2 Å². The van der Waals surface area contributed by atoms with Gasteiger partial charge in [0.05, 0.1) is 31.9 Å². The van der Waals surface area contributed by atoms with E-state index in [2.05, 4.69) is 15.6 Å². The third-order valence-electron chi connectivity index (χ3n) is 1.69. The van der Waals surface area contributed by atoms with Crippen molar-refractivity contribution in [2.45, 2.75) is 26.1 Å². The molecule has 1 atom stereocenters. The molecule has 1 aromatic heterocycles. The largest absolute Gasteiger partial charge is 0.391 e. The van der Waals surface area contributed by atoms with E-state index >= 15 is 0 Å². The highest BCUT2D eigenvalue weighted by atomic mass is 16.3. The molecule has 0 saturated heterocycles. The number of nitrogens with two attached hydrogens (primary N) is 1. The van der Waals surface area contributed by atoms with Crippen molar-refractivity contribution >= 4 is 5.91 Å². The summed E-state index contributed by atoms with van der Waals surface area (Å²) in [7, 11) is 0. The van der Waals surface area contributed by atoms with Crippen LogP contribution in [0.15, 0.2) is 6.20 Å². The highest BCUT2D eigenvalue weighted by Crippen LogP contribution is 1.94. The summed E-state index contributed by atoms with van der Waals surface area (Å²) in [5.41, 5.74) is 5.76. The van der Waals surface area contributed by atoms with E-state index in [1.165, 1.54) is 4.68 Å². The van der Waals surface area contributed by atoms with Gasteiger partial charge in [-0.2, -0.15) is 0 Å². The van der Waals surface area contributed by atoms with Gasteiger partial charge in [-0.1, -0.05) is 5.21 Å². The van der Waals surface area contributed by atoms with Gasteiger partial charge in [-0.15, -0.1) is 5.10 Å². The van der Waals surface area contributed by atoms with E-state index < -0.39 is 6.10 Å². The summed E-state index contributed by atoms with van der Waals surface area (Å²) in [6, 6.07) is 0. The van der Waals surface area contributed by atoms with Crippen molar-refractivity contribution in [2.75, 3.05) is 6.54 Å². The summed E-state index contributed by atoms with van der Waals surface area (Å²) in [4.78, 5) is 10.8. The van der Waals surface area contributed by atoms with E-state index in [0.29, 0.717) is 18.8 Å². The number of amides is 1. The number of nitrogens with zero attached hydrogens (tertiary/aromatic N) is 3. The minimum Gasteiger partial charge on any atom is -0.391 e. The summed E-state index contributed by atoms with van der Waals surface area (Å²) >= 11 is 0. The Morgan fingerprint density at radius 1 is 1.80 bits per heavy atom. The second kappa shape index (κ2) is 5.42.